The molecule has 1 aliphatic heterocycles. The molecule has 1 fully saturated rings. The van der Waals surface area contributed by atoms with Crippen molar-refractivity contribution in [3.05, 3.63) is 28.5 Å². The summed E-state index contributed by atoms with van der Waals surface area (Å²) in [5, 5.41) is 8.98. The Balaban J connectivity index is 2.27. The smallest absolute Gasteiger partial charge is 0.338 e. The van der Waals surface area contributed by atoms with Crippen molar-refractivity contribution in [2.24, 2.45) is 0 Å². The van der Waals surface area contributed by atoms with Crippen molar-refractivity contribution < 1.29 is 14.6 Å². The third-order valence-corrected chi connectivity index (χ3v) is 3.08. The first-order chi connectivity index (χ1) is 7.68. The van der Waals surface area contributed by atoms with E-state index >= 15 is 0 Å². The zero-order chi connectivity index (χ0) is 11.5. The number of nitrogens with zero attached hydrogens (tertiary/aromatic N) is 1. The second-order valence-electron chi connectivity index (χ2n) is 3.80. The van der Waals surface area contributed by atoms with E-state index < -0.39 is 5.97 Å². The van der Waals surface area contributed by atoms with E-state index in [1.807, 2.05) is 0 Å². The molecule has 4 nitrogen and oxygen atoms in total. The molecule has 1 aromatic rings. The van der Waals surface area contributed by atoms with Crippen molar-refractivity contribution in [3.8, 4) is 0 Å². The van der Waals surface area contributed by atoms with Gasteiger partial charge in [-0.2, -0.15) is 0 Å². The number of pyridine rings is 1. The molecule has 2 heterocycles. The lowest BCUT2D eigenvalue weighted by Gasteiger charge is -2.22. The molecule has 1 aliphatic rings. The Labute approximate surface area is 98.2 Å². The fourth-order valence-corrected chi connectivity index (χ4v) is 2.05. The summed E-state index contributed by atoms with van der Waals surface area (Å²) in [5.41, 5.74) is 1.01. The van der Waals surface area contributed by atoms with Crippen molar-refractivity contribution >= 4 is 17.6 Å². The van der Waals surface area contributed by atoms with E-state index in [2.05, 4.69) is 4.98 Å². The van der Waals surface area contributed by atoms with Gasteiger partial charge in [0.1, 0.15) is 5.15 Å². The molecule has 16 heavy (non-hydrogen) atoms. The minimum absolute atomic E-state index is 0.0447. The van der Waals surface area contributed by atoms with Crippen molar-refractivity contribution in [3.63, 3.8) is 0 Å². The first-order valence-electron chi connectivity index (χ1n) is 5.15. The number of aromatic carboxylic acids is 1. The van der Waals surface area contributed by atoms with Crippen LogP contribution in [0.15, 0.2) is 12.3 Å². The largest absolute Gasteiger partial charge is 0.478 e. The van der Waals surface area contributed by atoms with E-state index in [4.69, 9.17) is 21.4 Å². The zero-order valence-electron chi connectivity index (χ0n) is 8.65. The number of ether oxygens (including phenoxy) is 1. The third-order valence-electron chi connectivity index (χ3n) is 2.78. The average molecular weight is 242 g/mol. The highest BCUT2D eigenvalue weighted by Crippen LogP contribution is 2.28. The average Bonchev–Trinajstić information content (AvgIpc) is 2.30. The normalized spacial score (nSPS) is 17.3. The minimum atomic E-state index is -1.04. The number of halogens is 1. The van der Waals surface area contributed by atoms with E-state index in [9.17, 15) is 4.79 Å². The first-order valence-corrected chi connectivity index (χ1v) is 5.53. The maximum atomic E-state index is 10.9. The van der Waals surface area contributed by atoms with Gasteiger partial charge in [0, 0.05) is 19.4 Å². The second-order valence-corrected chi connectivity index (χ2v) is 4.16. The number of carboxylic acids is 1. The van der Waals surface area contributed by atoms with Crippen LogP contribution in [0, 0.1) is 0 Å². The van der Waals surface area contributed by atoms with Gasteiger partial charge in [0.25, 0.3) is 0 Å². The molecule has 2 rings (SSSR count). The Morgan fingerprint density at radius 3 is 2.81 bits per heavy atom. The highest BCUT2D eigenvalue weighted by atomic mass is 35.5. The van der Waals surface area contributed by atoms with Gasteiger partial charge in [0.15, 0.2) is 0 Å². The van der Waals surface area contributed by atoms with Crippen LogP contribution < -0.4 is 0 Å². The summed E-state index contributed by atoms with van der Waals surface area (Å²) in [4.78, 5) is 14.8. The van der Waals surface area contributed by atoms with Crippen molar-refractivity contribution in [1.29, 1.82) is 0 Å². The van der Waals surface area contributed by atoms with Crippen LogP contribution in [0.2, 0.25) is 5.15 Å². The Morgan fingerprint density at radius 2 is 2.19 bits per heavy atom. The summed E-state index contributed by atoms with van der Waals surface area (Å²) >= 11 is 5.71. The first kappa shape index (κ1) is 11.4. The number of aromatic nitrogens is 1. The highest BCUT2D eigenvalue weighted by molar-refractivity contribution is 6.32. The molecular weight excluding hydrogens is 230 g/mol. The standard InChI is InChI=1S/C11H12ClNO3/c12-10-9(11(14)15)5-8(6-13-10)7-1-3-16-4-2-7/h5-7H,1-4H2,(H,14,15). The number of rotatable bonds is 2. The molecule has 1 aromatic heterocycles. The maximum Gasteiger partial charge on any atom is 0.338 e. The van der Waals surface area contributed by atoms with Gasteiger partial charge in [-0.1, -0.05) is 11.6 Å². The van der Waals surface area contributed by atoms with Crippen LogP contribution in [-0.4, -0.2) is 29.3 Å². The molecular formula is C11H12ClNO3. The van der Waals surface area contributed by atoms with Crippen molar-refractivity contribution in [2.45, 2.75) is 18.8 Å². The fraction of sp³-hybridized carbons (Fsp3) is 0.455. The second kappa shape index (κ2) is 4.80. The molecule has 0 saturated carbocycles. The Hall–Kier alpha value is -1.13. The highest BCUT2D eigenvalue weighted by Gasteiger charge is 2.19. The van der Waals surface area contributed by atoms with Gasteiger partial charge >= 0.3 is 5.97 Å². The van der Waals surface area contributed by atoms with E-state index in [1.54, 1.807) is 12.3 Å². The topological polar surface area (TPSA) is 59.4 Å². The molecule has 0 unspecified atom stereocenters. The van der Waals surface area contributed by atoms with E-state index in [-0.39, 0.29) is 10.7 Å². The van der Waals surface area contributed by atoms with Crippen LogP contribution in [0.5, 0.6) is 0 Å². The molecule has 86 valence electrons. The Bertz CT molecular complexity index is 402. The lowest BCUT2D eigenvalue weighted by Crippen LogP contribution is -2.15. The SMILES string of the molecule is O=C(O)c1cc(C2CCOCC2)cnc1Cl. The van der Waals surface area contributed by atoms with Crippen molar-refractivity contribution in [1.82, 2.24) is 4.98 Å². The van der Waals surface area contributed by atoms with Gasteiger partial charge < -0.3 is 9.84 Å². The summed E-state index contributed by atoms with van der Waals surface area (Å²) in [6, 6.07) is 1.62. The number of carbonyl (C=O) groups is 1. The lowest BCUT2D eigenvalue weighted by molar-refractivity contribution is 0.0696. The minimum Gasteiger partial charge on any atom is -0.478 e. The third kappa shape index (κ3) is 2.33. The molecule has 0 aromatic carbocycles. The van der Waals surface area contributed by atoms with Gasteiger partial charge in [0.05, 0.1) is 5.56 Å². The predicted molar refractivity (Wildman–Crippen MR) is 59.0 cm³/mol. The summed E-state index contributed by atoms with van der Waals surface area (Å²) in [6.45, 7) is 1.44. The number of hydrogen-bond acceptors (Lipinski definition) is 3. The molecule has 0 aliphatic carbocycles. The number of hydrogen-bond donors (Lipinski definition) is 1. The number of carboxylic acid groups (broad SMARTS) is 1. The van der Waals surface area contributed by atoms with Gasteiger partial charge in [-0.3, -0.25) is 0 Å². The molecule has 5 heteroatoms. The lowest BCUT2D eigenvalue weighted by atomic mass is 9.92. The summed E-state index contributed by atoms with van der Waals surface area (Å²) < 4.78 is 5.26. The van der Waals surface area contributed by atoms with E-state index in [0.29, 0.717) is 5.92 Å². The fourth-order valence-electron chi connectivity index (χ4n) is 1.87. The van der Waals surface area contributed by atoms with Crippen LogP contribution in [0.1, 0.15) is 34.7 Å². The van der Waals surface area contributed by atoms with E-state index in [1.165, 1.54) is 0 Å². The maximum absolute atomic E-state index is 10.9. The predicted octanol–water partition coefficient (Wildman–Crippen LogP) is 2.33. The molecule has 0 amide bonds. The van der Waals surface area contributed by atoms with Crippen LogP contribution in [0.4, 0.5) is 0 Å². The summed E-state index contributed by atoms with van der Waals surface area (Å²) in [7, 11) is 0. The zero-order valence-corrected chi connectivity index (χ0v) is 9.41. The summed E-state index contributed by atoms with van der Waals surface area (Å²) in [6.07, 6.45) is 3.47. The quantitative estimate of drug-likeness (QED) is 0.808. The summed E-state index contributed by atoms with van der Waals surface area (Å²) in [5.74, 6) is -0.706. The molecule has 1 N–H and O–H groups in total. The molecule has 0 radical (unpaired) electrons. The van der Waals surface area contributed by atoms with Crippen LogP contribution >= 0.6 is 11.6 Å². The Morgan fingerprint density at radius 1 is 1.50 bits per heavy atom. The Kier molecular flexibility index (Phi) is 3.41. The van der Waals surface area contributed by atoms with Gasteiger partial charge in [-0.15, -0.1) is 0 Å². The monoisotopic (exact) mass is 241 g/mol. The van der Waals surface area contributed by atoms with Crippen LogP contribution in [0.25, 0.3) is 0 Å². The van der Waals surface area contributed by atoms with Gasteiger partial charge in [-0.05, 0) is 30.4 Å². The molecule has 0 spiro atoms. The molecule has 0 bridgehead atoms. The van der Waals surface area contributed by atoms with E-state index in [0.717, 1.165) is 31.6 Å². The molecule has 0 atom stereocenters. The van der Waals surface area contributed by atoms with Crippen LogP contribution in [0.3, 0.4) is 0 Å². The van der Waals surface area contributed by atoms with Crippen LogP contribution in [-0.2, 0) is 4.74 Å². The van der Waals surface area contributed by atoms with Gasteiger partial charge in [-0.25, -0.2) is 9.78 Å². The van der Waals surface area contributed by atoms with Gasteiger partial charge in [0.2, 0.25) is 0 Å². The molecule has 1 saturated heterocycles. The van der Waals surface area contributed by atoms with Crippen molar-refractivity contribution in [2.75, 3.05) is 13.2 Å².